The second-order valence-electron chi connectivity index (χ2n) is 4.68. The van der Waals surface area contributed by atoms with Crippen molar-refractivity contribution in [1.82, 2.24) is 4.57 Å². The Morgan fingerprint density at radius 1 is 0.857 bits per heavy atom. The summed E-state index contributed by atoms with van der Waals surface area (Å²) < 4.78 is 39.8. The predicted molar refractivity (Wildman–Crippen MR) is 74.8 cm³/mol. The van der Waals surface area contributed by atoms with Gasteiger partial charge >= 0.3 is 58.4 Å². The van der Waals surface area contributed by atoms with Crippen molar-refractivity contribution in [2.45, 2.75) is 6.44 Å². The van der Waals surface area contributed by atoms with Crippen molar-refractivity contribution in [3.63, 3.8) is 0 Å². The molecule has 21 heavy (non-hydrogen) atoms. The van der Waals surface area contributed by atoms with Crippen molar-refractivity contribution in [3.8, 4) is 0 Å². The number of benzene rings is 2. The standard InChI is InChI=1S/C14H10BF3NO.K/c16-15(17,18)9-19-12-7-3-1-5-10(12)14(20)11-6-2-4-8-13(11)19;/h1-8H,9H2;/q-1;+1. The molecule has 2 nitrogen and oxygen atoms in total. The molecule has 0 saturated heterocycles. The maximum atomic E-state index is 12.9. The van der Waals surface area contributed by atoms with Crippen LogP contribution in [0, 0.1) is 0 Å². The number of aromatic nitrogens is 1. The molecule has 0 fully saturated rings. The van der Waals surface area contributed by atoms with Crippen LogP contribution >= 0.6 is 0 Å². The Labute approximate surface area is 161 Å². The molecule has 1 aromatic heterocycles. The Balaban J connectivity index is 0.00000161. The zero-order valence-corrected chi connectivity index (χ0v) is 14.5. The van der Waals surface area contributed by atoms with Gasteiger partial charge in [-0.15, -0.1) is 0 Å². The van der Waals surface area contributed by atoms with Gasteiger partial charge in [0.15, 0.2) is 5.43 Å². The summed E-state index contributed by atoms with van der Waals surface area (Å²) in [6.07, 6.45) is -1.05. The predicted octanol–water partition coefficient (Wildman–Crippen LogP) is 0.545. The van der Waals surface area contributed by atoms with Crippen LogP contribution in [0.5, 0.6) is 0 Å². The molecule has 0 bridgehead atoms. The van der Waals surface area contributed by atoms with Crippen LogP contribution in [0.15, 0.2) is 53.3 Å². The first-order valence-electron chi connectivity index (χ1n) is 6.19. The second kappa shape index (κ2) is 6.26. The van der Waals surface area contributed by atoms with E-state index in [-0.39, 0.29) is 56.8 Å². The van der Waals surface area contributed by atoms with Crippen LogP contribution in [0.1, 0.15) is 0 Å². The minimum absolute atomic E-state index is 0. The Morgan fingerprint density at radius 2 is 1.29 bits per heavy atom. The number of para-hydroxylation sites is 2. The summed E-state index contributed by atoms with van der Waals surface area (Å²) >= 11 is 0. The zero-order valence-electron chi connectivity index (χ0n) is 11.4. The molecule has 0 aliphatic rings. The molecule has 0 atom stereocenters. The van der Waals surface area contributed by atoms with Crippen LogP contribution < -0.4 is 56.8 Å². The Hall–Kier alpha value is -0.599. The molecule has 0 radical (unpaired) electrons. The molecular formula is C14H10BF3KNO. The second-order valence-corrected chi connectivity index (χ2v) is 4.68. The molecule has 3 aromatic rings. The molecule has 2 aromatic carbocycles. The summed E-state index contributed by atoms with van der Waals surface area (Å²) in [5.41, 5.74) is 0.396. The number of halogens is 3. The number of hydrogen-bond acceptors (Lipinski definition) is 1. The number of hydrogen-bond donors (Lipinski definition) is 0. The third-order valence-electron chi connectivity index (χ3n) is 3.27. The van der Waals surface area contributed by atoms with Gasteiger partial charge in [0.1, 0.15) is 0 Å². The zero-order chi connectivity index (χ0) is 14.3. The van der Waals surface area contributed by atoms with E-state index in [1.54, 1.807) is 48.5 Å². The fourth-order valence-electron chi connectivity index (χ4n) is 2.48. The Kier molecular flexibility index (Phi) is 5.00. The van der Waals surface area contributed by atoms with E-state index in [2.05, 4.69) is 0 Å². The van der Waals surface area contributed by atoms with Gasteiger partial charge in [-0.3, -0.25) is 4.79 Å². The summed E-state index contributed by atoms with van der Waals surface area (Å²) in [4.78, 5) is 12.3. The van der Waals surface area contributed by atoms with E-state index in [9.17, 15) is 17.7 Å². The van der Waals surface area contributed by atoms with E-state index < -0.39 is 13.4 Å². The van der Waals surface area contributed by atoms with E-state index in [1.807, 2.05) is 0 Å². The summed E-state index contributed by atoms with van der Waals surface area (Å²) in [6, 6.07) is 12.8. The van der Waals surface area contributed by atoms with Crippen LogP contribution in [0.3, 0.4) is 0 Å². The molecule has 0 aliphatic carbocycles. The molecule has 3 rings (SSSR count). The van der Waals surface area contributed by atoms with Gasteiger partial charge in [-0.2, -0.15) is 0 Å². The molecule has 0 unspecified atom stereocenters. The molecule has 0 spiro atoms. The average Bonchev–Trinajstić information content (AvgIpc) is 2.42. The third kappa shape index (κ3) is 3.27. The number of nitrogens with zero attached hydrogens (tertiary/aromatic N) is 1. The van der Waals surface area contributed by atoms with Gasteiger partial charge < -0.3 is 17.5 Å². The van der Waals surface area contributed by atoms with Crippen molar-refractivity contribution >= 4 is 28.8 Å². The van der Waals surface area contributed by atoms with Crippen molar-refractivity contribution in [1.29, 1.82) is 0 Å². The van der Waals surface area contributed by atoms with E-state index >= 15 is 0 Å². The maximum absolute atomic E-state index is 12.9. The van der Waals surface area contributed by atoms with Crippen molar-refractivity contribution < 1.29 is 64.3 Å². The summed E-state index contributed by atoms with van der Waals surface area (Å²) in [5, 5.41) is 0.623. The first-order valence-corrected chi connectivity index (χ1v) is 6.19. The summed E-state index contributed by atoms with van der Waals surface area (Å²) in [5.74, 6) is 0. The van der Waals surface area contributed by atoms with Crippen LogP contribution in [-0.2, 0) is 6.44 Å². The maximum Gasteiger partial charge on any atom is 1.00 e. The molecule has 102 valence electrons. The summed E-state index contributed by atoms with van der Waals surface area (Å²) in [7, 11) is 0. The smallest absolute Gasteiger partial charge is 0.448 e. The fourth-order valence-corrected chi connectivity index (χ4v) is 2.48. The minimum atomic E-state index is -5.00. The van der Waals surface area contributed by atoms with Gasteiger partial charge in [0, 0.05) is 21.8 Å². The van der Waals surface area contributed by atoms with Gasteiger partial charge in [-0.25, -0.2) is 0 Å². The molecule has 0 aliphatic heterocycles. The van der Waals surface area contributed by atoms with E-state index in [0.717, 1.165) is 0 Å². The molecule has 0 N–H and O–H groups in total. The minimum Gasteiger partial charge on any atom is -0.448 e. The SMILES string of the molecule is O=c1c2ccccc2n(C[B-](F)(F)F)c2ccccc12.[K+]. The van der Waals surface area contributed by atoms with E-state index in [1.165, 1.54) is 4.57 Å². The van der Waals surface area contributed by atoms with Gasteiger partial charge in [0.25, 0.3) is 0 Å². The van der Waals surface area contributed by atoms with Gasteiger partial charge in [-0.05, 0) is 30.7 Å². The van der Waals surface area contributed by atoms with Crippen LogP contribution in [-0.4, -0.2) is 11.5 Å². The first-order chi connectivity index (χ1) is 9.47. The molecule has 7 heteroatoms. The van der Waals surface area contributed by atoms with E-state index in [0.29, 0.717) is 21.8 Å². The topological polar surface area (TPSA) is 22.0 Å². The van der Waals surface area contributed by atoms with Gasteiger partial charge in [-0.1, -0.05) is 24.3 Å². The fraction of sp³-hybridized carbons (Fsp3) is 0.0714. The quantitative estimate of drug-likeness (QED) is 0.500. The number of pyridine rings is 1. The molecule has 1 heterocycles. The van der Waals surface area contributed by atoms with Crippen molar-refractivity contribution in [3.05, 3.63) is 58.8 Å². The summed E-state index contributed by atoms with van der Waals surface area (Å²) in [6.45, 7) is -5.00. The Bertz CT molecular complexity index is 800. The van der Waals surface area contributed by atoms with Crippen LogP contribution in [0.25, 0.3) is 21.8 Å². The van der Waals surface area contributed by atoms with Gasteiger partial charge in [0.05, 0.1) is 0 Å². The molecule has 0 amide bonds. The Morgan fingerprint density at radius 3 is 1.71 bits per heavy atom. The number of fused-ring (bicyclic) bond motifs is 2. The van der Waals surface area contributed by atoms with Crippen molar-refractivity contribution in [2.75, 3.05) is 0 Å². The normalized spacial score (nSPS) is 11.6. The molecule has 0 saturated carbocycles. The van der Waals surface area contributed by atoms with E-state index in [4.69, 9.17) is 0 Å². The van der Waals surface area contributed by atoms with Crippen molar-refractivity contribution in [2.24, 2.45) is 0 Å². The van der Waals surface area contributed by atoms with Gasteiger partial charge in [0.2, 0.25) is 0 Å². The third-order valence-corrected chi connectivity index (χ3v) is 3.27. The largest absolute Gasteiger partial charge is 1.00 e. The van der Waals surface area contributed by atoms with Crippen LogP contribution in [0.4, 0.5) is 12.9 Å². The molecular weight excluding hydrogens is 305 g/mol. The first kappa shape index (κ1) is 16.8. The van der Waals surface area contributed by atoms with Crippen LogP contribution in [0.2, 0.25) is 0 Å². The average molecular weight is 315 g/mol. The monoisotopic (exact) mass is 315 g/mol. The number of rotatable bonds is 2.